The van der Waals surface area contributed by atoms with E-state index in [2.05, 4.69) is 0 Å². The van der Waals surface area contributed by atoms with Gasteiger partial charge < -0.3 is 9.47 Å². The normalized spacial score (nSPS) is 10.8. The number of hydrogen-bond acceptors (Lipinski definition) is 6. The average molecular weight is 517 g/mol. The third-order valence-electron chi connectivity index (χ3n) is 6.37. The second kappa shape index (κ2) is 11.3. The lowest BCUT2D eigenvalue weighted by atomic mass is 10.0. The zero-order valence-corrected chi connectivity index (χ0v) is 22.1. The molecule has 0 amide bonds. The summed E-state index contributed by atoms with van der Waals surface area (Å²) in [5, 5.41) is 0. The highest BCUT2D eigenvalue weighted by Gasteiger charge is 2.17. The Balaban J connectivity index is 1.42. The van der Waals surface area contributed by atoms with Crippen molar-refractivity contribution in [3.63, 3.8) is 0 Å². The van der Waals surface area contributed by atoms with Crippen LogP contribution in [0.1, 0.15) is 38.8 Å². The van der Waals surface area contributed by atoms with E-state index in [0.29, 0.717) is 34.5 Å². The Labute approximate surface area is 227 Å². The van der Waals surface area contributed by atoms with Crippen molar-refractivity contribution in [1.82, 2.24) is 9.97 Å². The summed E-state index contributed by atoms with van der Waals surface area (Å²) in [6.45, 7) is 6.15. The van der Waals surface area contributed by atoms with E-state index in [1.165, 1.54) is 0 Å². The van der Waals surface area contributed by atoms with Gasteiger partial charge in [0.2, 0.25) is 0 Å². The summed E-state index contributed by atoms with van der Waals surface area (Å²) < 4.78 is 10.7. The first-order valence-electron chi connectivity index (χ1n) is 12.8. The van der Waals surface area contributed by atoms with Gasteiger partial charge in [-0.3, -0.25) is 4.79 Å². The number of rotatable bonds is 8. The van der Waals surface area contributed by atoms with Crippen molar-refractivity contribution < 1.29 is 19.1 Å². The molecule has 0 aliphatic carbocycles. The number of carbonyl (C=O) groups excluding carboxylic acids is 2. The fraction of sp³-hybridized carbons (Fsp3) is 0.152. The van der Waals surface area contributed by atoms with Gasteiger partial charge in [0.05, 0.1) is 34.6 Å². The minimum Gasteiger partial charge on any atom is -0.494 e. The van der Waals surface area contributed by atoms with Crippen LogP contribution in [0.2, 0.25) is 0 Å². The molecule has 0 aliphatic heterocycles. The van der Waals surface area contributed by atoms with Crippen LogP contribution in [0.15, 0.2) is 91.0 Å². The van der Waals surface area contributed by atoms with Crippen molar-refractivity contribution in [3.8, 4) is 28.3 Å². The maximum atomic E-state index is 12.8. The number of Topliss-reactive ketones (excluding diaryl/α,β-unsaturated/α-hetero) is 1. The maximum Gasteiger partial charge on any atom is 0.338 e. The number of fused-ring (bicyclic) bond motifs is 1. The molecule has 1 heterocycles. The summed E-state index contributed by atoms with van der Waals surface area (Å²) in [7, 11) is 0. The molecule has 39 heavy (non-hydrogen) atoms. The first kappa shape index (κ1) is 25.8. The maximum absolute atomic E-state index is 12.8. The van der Waals surface area contributed by atoms with Gasteiger partial charge in [0.25, 0.3) is 0 Å². The second-order valence-electron chi connectivity index (χ2n) is 9.31. The summed E-state index contributed by atoms with van der Waals surface area (Å²) in [5.74, 6) is -0.215. The monoisotopic (exact) mass is 516 g/mol. The van der Waals surface area contributed by atoms with E-state index in [-0.39, 0.29) is 12.4 Å². The van der Waals surface area contributed by atoms with Crippen LogP contribution in [0.25, 0.3) is 33.5 Å². The lowest BCUT2D eigenvalue weighted by molar-refractivity contribution is 0.0475. The number of esters is 1. The van der Waals surface area contributed by atoms with Gasteiger partial charge in [-0.25, -0.2) is 14.8 Å². The highest BCUT2D eigenvalue weighted by molar-refractivity contribution is 6.00. The van der Waals surface area contributed by atoms with Crippen LogP contribution in [0, 0.1) is 13.8 Å². The third-order valence-corrected chi connectivity index (χ3v) is 6.37. The molecule has 0 fully saturated rings. The Morgan fingerprint density at radius 2 is 1.21 bits per heavy atom. The second-order valence-corrected chi connectivity index (χ2v) is 9.31. The number of ketones is 1. The topological polar surface area (TPSA) is 78.4 Å². The molecule has 4 aromatic carbocycles. The van der Waals surface area contributed by atoms with Crippen molar-refractivity contribution in [1.29, 1.82) is 0 Å². The minimum atomic E-state index is -0.600. The summed E-state index contributed by atoms with van der Waals surface area (Å²) in [5.41, 5.74) is 7.66. The van der Waals surface area contributed by atoms with Gasteiger partial charge in [0.15, 0.2) is 12.4 Å². The summed E-state index contributed by atoms with van der Waals surface area (Å²) in [6.07, 6.45) is 0. The number of ether oxygens (including phenoxy) is 2. The Bertz CT molecular complexity index is 1640. The Morgan fingerprint density at radius 3 is 1.77 bits per heavy atom. The fourth-order valence-corrected chi connectivity index (χ4v) is 4.21. The van der Waals surface area contributed by atoms with Crippen LogP contribution < -0.4 is 4.74 Å². The van der Waals surface area contributed by atoms with E-state index in [4.69, 9.17) is 19.4 Å². The molecular formula is C33H28N2O4. The molecule has 0 radical (unpaired) electrons. The zero-order chi connectivity index (χ0) is 27.4. The van der Waals surface area contributed by atoms with Crippen molar-refractivity contribution in [2.45, 2.75) is 20.8 Å². The van der Waals surface area contributed by atoms with Gasteiger partial charge in [0.1, 0.15) is 5.75 Å². The van der Waals surface area contributed by atoms with E-state index < -0.39 is 5.97 Å². The number of nitrogens with zero attached hydrogens (tertiary/aromatic N) is 2. The summed E-state index contributed by atoms with van der Waals surface area (Å²) in [4.78, 5) is 35.2. The van der Waals surface area contributed by atoms with E-state index in [1.54, 1.807) is 42.5 Å². The molecule has 1 aromatic heterocycles. The van der Waals surface area contributed by atoms with Crippen LogP contribution in [-0.2, 0) is 4.74 Å². The van der Waals surface area contributed by atoms with Crippen LogP contribution in [-0.4, -0.2) is 34.9 Å². The molecule has 0 aliphatic rings. The fourth-order valence-electron chi connectivity index (χ4n) is 4.21. The van der Waals surface area contributed by atoms with Crippen LogP contribution in [0.4, 0.5) is 0 Å². The first-order chi connectivity index (χ1) is 18.9. The van der Waals surface area contributed by atoms with Crippen LogP contribution in [0.3, 0.4) is 0 Å². The van der Waals surface area contributed by atoms with Crippen molar-refractivity contribution in [3.05, 3.63) is 113 Å². The molecule has 0 unspecified atom stereocenters. The van der Waals surface area contributed by atoms with E-state index in [9.17, 15) is 9.59 Å². The van der Waals surface area contributed by atoms with E-state index >= 15 is 0 Å². The standard InChI is InChI=1S/C33H28N2O4/c1-4-38-27-16-13-23(14-17-27)30(36)20-39-33(37)26-15-18-28-29(19-26)35-32(25-11-7-22(3)8-12-25)31(34-28)24-9-5-21(2)6-10-24/h5-19H,4,20H2,1-3H3. The predicted molar refractivity (Wildman–Crippen MR) is 152 cm³/mol. The van der Waals surface area contributed by atoms with Crippen LogP contribution >= 0.6 is 0 Å². The number of aromatic nitrogens is 2. The lowest BCUT2D eigenvalue weighted by Gasteiger charge is -2.12. The van der Waals surface area contributed by atoms with Gasteiger partial charge in [-0.2, -0.15) is 0 Å². The molecule has 194 valence electrons. The third kappa shape index (κ3) is 5.85. The lowest BCUT2D eigenvalue weighted by Crippen LogP contribution is -2.14. The molecule has 0 N–H and O–H groups in total. The number of aryl methyl sites for hydroxylation is 2. The van der Waals surface area contributed by atoms with Gasteiger partial charge >= 0.3 is 5.97 Å². The molecule has 0 atom stereocenters. The molecule has 5 rings (SSSR count). The van der Waals surface area contributed by atoms with E-state index in [0.717, 1.165) is 33.6 Å². The molecule has 0 bridgehead atoms. The van der Waals surface area contributed by atoms with Crippen molar-refractivity contribution in [2.75, 3.05) is 13.2 Å². The number of benzene rings is 4. The Kier molecular flexibility index (Phi) is 7.46. The minimum absolute atomic E-state index is 0.295. The molecular weight excluding hydrogens is 488 g/mol. The van der Waals surface area contributed by atoms with E-state index in [1.807, 2.05) is 69.3 Å². The summed E-state index contributed by atoms with van der Waals surface area (Å²) >= 11 is 0. The molecule has 6 heteroatoms. The average Bonchev–Trinajstić information content (AvgIpc) is 2.96. The number of carbonyl (C=O) groups is 2. The van der Waals surface area contributed by atoms with Gasteiger partial charge in [0, 0.05) is 16.7 Å². The Hall–Kier alpha value is -4.84. The predicted octanol–water partition coefficient (Wildman–Crippen LogP) is 7.02. The number of hydrogen-bond donors (Lipinski definition) is 0. The van der Waals surface area contributed by atoms with Gasteiger partial charge in [-0.15, -0.1) is 0 Å². The molecule has 6 nitrogen and oxygen atoms in total. The molecule has 0 saturated heterocycles. The molecule has 0 spiro atoms. The largest absolute Gasteiger partial charge is 0.494 e. The molecule has 0 saturated carbocycles. The smallest absolute Gasteiger partial charge is 0.338 e. The zero-order valence-electron chi connectivity index (χ0n) is 22.1. The molecule has 5 aromatic rings. The van der Waals surface area contributed by atoms with Gasteiger partial charge in [-0.1, -0.05) is 59.7 Å². The first-order valence-corrected chi connectivity index (χ1v) is 12.8. The highest BCUT2D eigenvalue weighted by atomic mass is 16.5. The summed E-state index contributed by atoms with van der Waals surface area (Å²) in [6, 6.07) is 28.1. The highest BCUT2D eigenvalue weighted by Crippen LogP contribution is 2.31. The quantitative estimate of drug-likeness (QED) is 0.163. The van der Waals surface area contributed by atoms with Gasteiger partial charge in [-0.05, 0) is 63.2 Å². The SMILES string of the molecule is CCOc1ccc(C(=O)COC(=O)c2ccc3nc(-c4ccc(C)cc4)c(-c4ccc(C)cc4)nc3c2)cc1. The van der Waals surface area contributed by atoms with Crippen molar-refractivity contribution >= 4 is 22.8 Å². The van der Waals surface area contributed by atoms with Crippen LogP contribution in [0.5, 0.6) is 5.75 Å². The Morgan fingerprint density at radius 1 is 0.667 bits per heavy atom. The van der Waals surface area contributed by atoms with Crippen molar-refractivity contribution in [2.24, 2.45) is 0 Å².